The van der Waals surface area contributed by atoms with Crippen molar-refractivity contribution in [1.29, 1.82) is 0 Å². The van der Waals surface area contributed by atoms with Crippen molar-refractivity contribution in [1.82, 2.24) is 27.9 Å². The number of hydrogen-bond donors (Lipinski definition) is 0. The van der Waals surface area contributed by atoms with Crippen molar-refractivity contribution in [3.8, 4) is 11.4 Å². The van der Waals surface area contributed by atoms with Crippen LogP contribution in [0.2, 0.25) is 0 Å². The first-order chi connectivity index (χ1) is 27.4. The van der Waals surface area contributed by atoms with Gasteiger partial charge in [-0.1, -0.05) is 54.6 Å². The molecule has 13 aliphatic rings. The summed E-state index contributed by atoms with van der Waals surface area (Å²) in [6, 6.07) is 18.6. The zero-order valence-electron chi connectivity index (χ0n) is 31.4. The monoisotopic (exact) mass is 746 g/mol. The molecule has 4 aromatic rings. The molecule has 17 rings (SSSR count). The van der Waals surface area contributed by atoms with E-state index < -0.39 is 16.5 Å². The number of rotatable bonds is 2. The first-order valence-corrected chi connectivity index (χ1v) is 21.8. The molecule has 2 aromatic carbocycles. The molecule has 9 fully saturated rings. The fraction of sp³-hybridized carbons (Fsp3) is 0.565. The van der Waals surface area contributed by atoms with E-state index in [0.29, 0.717) is 58.7 Å². The average molecular weight is 747 g/mol. The number of nitrogens with zero attached hydrogens (tertiary/aromatic N) is 6. The van der Waals surface area contributed by atoms with Crippen molar-refractivity contribution in [2.24, 2.45) is 70.5 Å². The van der Waals surface area contributed by atoms with Crippen LogP contribution in [0.3, 0.4) is 0 Å². The molecule has 11 aliphatic carbocycles. The Kier molecular flexibility index (Phi) is 5.12. The van der Waals surface area contributed by atoms with Gasteiger partial charge in [-0.2, -0.15) is 0 Å². The molecule has 2 aromatic heterocycles. The molecule has 0 unspecified atom stereocenters. The molecular formula is C46H46N6O4. The van der Waals surface area contributed by atoms with Crippen LogP contribution in [-0.2, 0) is 11.1 Å². The highest BCUT2D eigenvalue weighted by molar-refractivity contribution is 5.49. The number of para-hydroxylation sites is 2. The quantitative estimate of drug-likeness (QED) is 0.257. The summed E-state index contributed by atoms with van der Waals surface area (Å²) in [6.07, 6.45) is 19.1. The van der Waals surface area contributed by atoms with Gasteiger partial charge in [-0.25, -0.2) is 47.0 Å². The Hall–Kier alpha value is -4.60. The van der Waals surface area contributed by atoms with Gasteiger partial charge in [0.2, 0.25) is 0 Å². The molecule has 9 saturated carbocycles. The van der Waals surface area contributed by atoms with Crippen molar-refractivity contribution < 1.29 is 0 Å². The van der Waals surface area contributed by atoms with Crippen molar-refractivity contribution in [3.05, 3.63) is 126 Å². The molecule has 0 radical (unpaired) electrons. The van der Waals surface area contributed by atoms with Gasteiger partial charge in [-0.3, -0.25) is 0 Å². The zero-order valence-corrected chi connectivity index (χ0v) is 31.4. The van der Waals surface area contributed by atoms with Crippen LogP contribution >= 0.6 is 0 Å². The molecule has 2 spiro atoms. The summed E-state index contributed by atoms with van der Waals surface area (Å²) >= 11 is 0. The topological polar surface area (TPSA) is 97.9 Å². The molecule has 10 nitrogen and oxygen atoms in total. The van der Waals surface area contributed by atoms with E-state index in [1.165, 1.54) is 27.5 Å². The van der Waals surface area contributed by atoms with Crippen LogP contribution in [-0.4, -0.2) is 27.9 Å². The molecule has 10 heteroatoms. The predicted molar refractivity (Wildman–Crippen MR) is 207 cm³/mol. The van der Waals surface area contributed by atoms with E-state index in [1.807, 2.05) is 74.7 Å². The number of benzene rings is 2. The van der Waals surface area contributed by atoms with Crippen LogP contribution in [0, 0.1) is 70.5 Å². The fourth-order valence-electron chi connectivity index (χ4n) is 18.5. The molecule has 4 heterocycles. The lowest BCUT2D eigenvalue weighted by atomic mass is 9.41. The molecule has 0 amide bonds. The SMILES string of the molecule is O=c1n(-c2ccccc2)c(=O)n2n1[C@H]1C(=C[C@@H]3[C@H]1[C@H]1C=C[C@@]34[C@@H]1n1c(=O)n(-c3ccccc3)c(=O)n1C41C3CC4CC(C3)CC1C4)C21C2CC3CC(C2)CC1C3. The second-order valence-electron chi connectivity index (χ2n) is 20.5. The number of fused-ring (bicyclic) bond motifs is 7. The Labute approximate surface area is 322 Å². The minimum atomic E-state index is -0.514. The third kappa shape index (κ3) is 2.88. The lowest BCUT2D eigenvalue weighted by Gasteiger charge is -2.65. The van der Waals surface area contributed by atoms with Crippen LogP contribution in [0.15, 0.2) is 104 Å². The summed E-state index contributed by atoms with van der Waals surface area (Å²) in [4.78, 5) is 60.7. The van der Waals surface area contributed by atoms with E-state index in [2.05, 4.69) is 22.9 Å². The van der Waals surface area contributed by atoms with E-state index in [0.717, 1.165) is 51.4 Å². The Morgan fingerprint density at radius 2 is 1.04 bits per heavy atom. The van der Waals surface area contributed by atoms with Crippen molar-refractivity contribution >= 4 is 0 Å². The minimum Gasteiger partial charge on any atom is -0.245 e. The van der Waals surface area contributed by atoms with Crippen molar-refractivity contribution in [3.63, 3.8) is 0 Å². The summed E-state index contributed by atoms with van der Waals surface area (Å²) in [7, 11) is 0. The van der Waals surface area contributed by atoms with Crippen LogP contribution < -0.4 is 22.8 Å². The van der Waals surface area contributed by atoms with Gasteiger partial charge in [0.15, 0.2) is 0 Å². The molecule has 284 valence electrons. The lowest BCUT2D eigenvalue weighted by Crippen LogP contribution is -2.67. The number of aromatic nitrogens is 6. The van der Waals surface area contributed by atoms with Gasteiger partial charge in [0.05, 0.1) is 34.5 Å². The Bertz CT molecular complexity index is 2720. The standard InChI is InChI=1S/C46H46N6O4/c53-40-47(32-7-3-1-4-8-32)42(55)51-45(28-15-24-13-25(17-28)18-29(45)16-24)36-23-35-37(38(36)49(40)51)34-11-12-44(35)39(34)50-41(54)48(33-9-5-2-6-10-33)43(56)52(50)46(44)30-19-26-14-27(21-30)22-31(46)20-26/h1-12,23-31,34-35,37-39H,13-22H2/t24?,25?,26?,27?,28?,29?,30?,31?,34-,35-,37-,38+,39-,44+,45?,46?/m1/s1. The molecule has 0 N–H and O–H groups in total. The van der Waals surface area contributed by atoms with Crippen LogP contribution in [0.25, 0.3) is 11.4 Å². The van der Waals surface area contributed by atoms with Gasteiger partial charge in [0, 0.05) is 17.3 Å². The Balaban J connectivity index is 1.01. The van der Waals surface area contributed by atoms with Crippen molar-refractivity contribution in [2.45, 2.75) is 87.4 Å². The largest absolute Gasteiger partial charge is 0.352 e. The number of hydrogen-bond acceptors (Lipinski definition) is 4. The van der Waals surface area contributed by atoms with E-state index in [4.69, 9.17) is 0 Å². The highest BCUT2D eigenvalue weighted by Gasteiger charge is 2.84. The maximum atomic E-state index is 15.2. The highest BCUT2D eigenvalue weighted by Crippen LogP contribution is 2.83. The zero-order chi connectivity index (χ0) is 36.8. The van der Waals surface area contributed by atoms with Gasteiger partial charge >= 0.3 is 22.8 Å². The summed E-state index contributed by atoms with van der Waals surface area (Å²) < 4.78 is 10.9. The second kappa shape index (κ2) is 9.40. The smallest absolute Gasteiger partial charge is 0.245 e. The predicted octanol–water partition coefficient (Wildman–Crippen LogP) is 5.39. The van der Waals surface area contributed by atoms with Gasteiger partial charge in [0.25, 0.3) is 0 Å². The summed E-state index contributed by atoms with van der Waals surface area (Å²) in [5.41, 5.74) is 0.298. The summed E-state index contributed by atoms with van der Waals surface area (Å²) in [5.74, 6) is 4.11. The Morgan fingerprint density at radius 1 is 0.536 bits per heavy atom. The van der Waals surface area contributed by atoms with E-state index in [-0.39, 0.29) is 52.6 Å². The van der Waals surface area contributed by atoms with Crippen molar-refractivity contribution in [2.75, 3.05) is 0 Å². The van der Waals surface area contributed by atoms with Gasteiger partial charge in [-0.15, -0.1) is 0 Å². The maximum absolute atomic E-state index is 15.2. The summed E-state index contributed by atoms with van der Waals surface area (Å²) in [5, 5.41) is 0. The second-order valence-corrected chi connectivity index (χ2v) is 20.5. The van der Waals surface area contributed by atoms with Gasteiger partial charge in [0.1, 0.15) is 0 Å². The maximum Gasteiger partial charge on any atom is 0.352 e. The normalized spacial score (nSPS) is 46.6. The van der Waals surface area contributed by atoms with Gasteiger partial charge < -0.3 is 0 Å². The van der Waals surface area contributed by atoms with Crippen LogP contribution in [0.4, 0.5) is 0 Å². The van der Waals surface area contributed by atoms with E-state index >= 15 is 19.2 Å². The Morgan fingerprint density at radius 3 is 1.59 bits per heavy atom. The van der Waals surface area contributed by atoms with Crippen LogP contribution in [0.5, 0.6) is 0 Å². The minimum absolute atomic E-state index is 0.0245. The number of allylic oxidation sites excluding steroid dienone is 4. The van der Waals surface area contributed by atoms with Crippen LogP contribution in [0.1, 0.15) is 76.3 Å². The fourth-order valence-corrected chi connectivity index (χ4v) is 18.5. The molecular weight excluding hydrogens is 701 g/mol. The highest BCUT2D eigenvalue weighted by atomic mass is 16.2. The molecule has 10 bridgehead atoms. The summed E-state index contributed by atoms with van der Waals surface area (Å²) in [6.45, 7) is 0. The molecule has 6 atom stereocenters. The third-order valence-electron chi connectivity index (χ3n) is 19.0. The van der Waals surface area contributed by atoms with Gasteiger partial charge in [-0.05, 0) is 147 Å². The first-order valence-electron chi connectivity index (χ1n) is 21.8. The molecule has 56 heavy (non-hydrogen) atoms. The lowest BCUT2D eigenvalue weighted by molar-refractivity contribution is -0.151. The van der Waals surface area contributed by atoms with E-state index in [9.17, 15) is 0 Å². The molecule has 0 saturated heterocycles. The first kappa shape index (κ1) is 30.5. The molecule has 2 aliphatic heterocycles. The van der Waals surface area contributed by atoms with E-state index in [1.54, 1.807) is 0 Å². The third-order valence-corrected chi connectivity index (χ3v) is 19.0. The average Bonchev–Trinajstić information content (AvgIpc) is 4.02.